The average Bonchev–Trinajstić information content (AvgIpc) is 2.63. The lowest BCUT2D eigenvalue weighted by atomic mass is 10.3. The zero-order valence-electron chi connectivity index (χ0n) is 14.8. The van der Waals surface area contributed by atoms with Gasteiger partial charge in [-0.05, 0) is 67.2 Å². The average molecular weight is 394 g/mol. The molecule has 0 aliphatic heterocycles. The molecular weight excluding hydrogens is 370 g/mol. The van der Waals surface area contributed by atoms with Crippen molar-refractivity contribution in [2.24, 2.45) is 0 Å². The number of rotatable bonds is 8. The number of anilines is 2. The molecule has 0 heterocycles. The van der Waals surface area contributed by atoms with Crippen LogP contribution in [0.25, 0.3) is 0 Å². The van der Waals surface area contributed by atoms with Gasteiger partial charge in [-0.3, -0.25) is 4.72 Å². The molecule has 0 aromatic heterocycles. The zero-order valence-corrected chi connectivity index (χ0v) is 16.4. The van der Waals surface area contributed by atoms with E-state index in [9.17, 15) is 8.42 Å². The molecule has 0 radical (unpaired) electrons. The number of hydrogen-bond donors (Lipinski definition) is 3. The molecule has 2 aromatic rings. The number of benzene rings is 2. The van der Waals surface area contributed by atoms with E-state index >= 15 is 0 Å². The Balaban J connectivity index is 2.00. The Morgan fingerprint density at radius 2 is 1.65 bits per heavy atom. The summed E-state index contributed by atoms with van der Waals surface area (Å²) in [6, 6.07) is 13.1. The number of nitrogens with one attached hydrogen (secondary N) is 3. The summed E-state index contributed by atoms with van der Waals surface area (Å²) < 4.78 is 32.5. The Bertz CT molecular complexity index is 820. The summed E-state index contributed by atoms with van der Waals surface area (Å²) in [4.78, 5) is 0.170. The van der Waals surface area contributed by atoms with E-state index in [1.807, 2.05) is 0 Å². The van der Waals surface area contributed by atoms with Crippen LogP contribution in [0.2, 0.25) is 0 Å². The molecule has 6 nitrogen and oxygen atoms in total. The van der Waals surface area contributed by atoms with E-state index in [0.717, 1.165) is 25.1 Å². The van der Waals surface area contributed by atoms with Crippen molar-refractivity contribution in [1.82, 2.24) is 5.32 Å². The van der Waals surface area contributed by atoms with E-state index in [4.69, 9.17) is 17.0 Å². The first-order valence-corrected chi connectivity index (χ1v) is 10.2. The highest BCUT2D eigenvalue weighted by Crippen LogP contribution is 2.20. The lowest BCUT2D eigenvalue weighted by molar-refractivity contribution is 0.415. The Morgan fingerprint density at radius 3 is 2.23 bits per heavy atom. The van der Waals surface area contributed by atoms with Gasteiger partial charge in [0, 0.05) is 17.9 Å². The van der Waals surface area contributed by atoms with Gasteiger partial charge in [0.25, 0.3) is 10.0 Å². The standard InChI is InChI=1S/C18H23N3O3S2/c1-3-4-13-19-18(25)20-14-7-11-17(12-8-14)26(22,23)21-15-5-9-16(24-2)10-6-15/h5-12,21H,3-4,13H2,1-2H3,(H2,19,20,25). The van der Waals surface area contributed by atoms with Crippen molar-refractivity contribution in [1.29, 1.82) is 0 Å². The topological polar surface area (TPSA) is 79.5 Å². The van der Waals surface area contributed by atoms with Gasteiger partial charge in [0.1, 0.15) is 5.75 Å². The monoisotopic (exact) mass is 393 g/mol. The largest absolute Gasteiger partial charge is 0.497 e. The Labute approximate surface area is 160 Å². The van der Waals surface area contributed by atoms with Gasteiger partial charge in [-0.25, -0.2) is 8.42 Å². The fourth-order valence-corrected chi connectivity index (χ4v) is 3.42. The van der Waals surface area contributed by atoms with Crippen LogP contribution in [0.3, 0.4) is 0 Å². The van der Waals surface area contributed by atoms with Crippen LogP contribution in [0.1, 0.15) is 19.8 Å². The summed E-state index contributed by atoms with van der Waals surface area (Å²) in [5.41, 5.74) is 1.19. The van der Waals surface area contributed by atoms with Crippen LogP contribution in [0.5, 0.6) is 5.75 Å². The molecule has 0 unspecified atom stereocenters. The summed E-state index contributed by atoms with van der Waals surface area (Å²) in [5, 5.41) is 6.65. The molecule has 8 heteroatoms. The van der Waals surface area contributed by atoms with Crippen LogP contribution in [0.15, 0.2) is 53.4 Å². The molecule has 0 spiro atoms. The molecule has 140 valence electrons. The van der Waals surface area contributed by atoms with E-state index in [1.165, 1.54) is 12.1 Å². The van der Waals surface area contributed by atoms with Gasteiger partial charge in [-0.1, -0.05) is 13.3 Å². The van der Waals surface area contributed by atoms with Crippen molar-refractivity contribution in [3.8, 4) is 5.75 Å². The fraction of sp³-hybridized carbons (Fsp3) is 0.278. The maximum absolute atomic E-state index is 12.5. The normalized spacial score (nSPS) is 10.8. The summed E-state index contributed by atoms with van der Waals surface area (Å²) >= 11 is 5.20. The first-order chi connectivity index (χ1) is 12.4. The van der Waals surface area contributed by atoms with Gasteiger partial charge >= 0.3 is 0 Å². The lowest BCUT2D eigenvalue weighted by Gasteiger charge is -2.12. The van der Waals surface area contributed by atoms with Crippen LogP contribution in [0.4, 0.5) is 11.4 Å². The molecule has 3 N–H and O–H groups in total. The predicted octanol–water partition coefficient (Wildman–Crippen LogP) is 3.58. The first-order valence-electron chi connectivity index (χ1n) is 8.26. The minimum absolute atomic E-state index is 0.170. The maximum Gasteiger partial charge on any atom is 0.261 e. The van der Waals surface area contributed by atoms with Crippen molar-refractivity contribution < 1.29 is 13.2 Å². The van der Waals surface area contributed by atoms with E-state index in [0.29, 0.717) is 16.5 Å². The van der Waals surface area contributed by atoms with Crippen LogP contribution in [0, 0.1) is 0 Å². The van der Waals surface area contributed by atoms with Gasteiger partial charge < -0.3 is 15.4 Å². The highest BCUT2D eigenvalue weighted by atomic mass is 32.2. The molecule has 0 amide bonds. The van der Waals surface area contributed by atoms with Crippen molar-refractivity contribution in [3.63, 3.8) is 0 Å². The number of thiocarbonyl (C=S) groups is 1. The number of hydrogen-bond acceptors (Lipinski definition) is 4. The maximum atomic E-state index is 12.5. The molecule has 0 saturated carbocycles. The minimum Gasteiger partial charge on any atom is -0.497 e. The number of methoxy groups -OCH3 is 1. The van der Waals surface area contributed by atoms with Crippen LogP contribution >= 0.6 is 12.2 Å². The van der Waals surface area contributed by atoms with Gasteiger partial charge in [-0.2, -0.15) is 0 Å². The highest BCUT2D eigenvalue weighted by molar-refractivity contribution is 7.92. The smallest absolute Gasteiger partial charge is 0.261 e. The van der Waals surface area contributed by atoms with Gasteiger partial charge in [0.2, 0.25) is 0 Å². The third kappa shape index (κ3) is 5.89. The molecule has 0 saturated heterocycles. The first kappa shape index (κ1) is 20.0. The van der Waals surface area contributed by atoms with Gasteiger partial charge in [-0.15, -0.1) is 0 Å². The molecule has 26 heavy (non-hydrogen) atoms. The molecule has 2 rings (SSSR count). The molecule has 0 atom stereocenters. The van der Waals surface area contributed by atoms with E-state index in [-0.39, 0.29) is 4.90 Å². The van der Waals surface area contributed by atoms with Crippen LogP contribution in [-0.2, 0) is 10.0 Å². The SMILES string of the molecule is CCCCNC(=S)Nc1ccc(S(=O)(=O)Nc2ccc(OC)cc2)cc1. The van der Waals surface area contributed by atoms with Crippen molar-refractivity contribution in [3.05, 3.63) is 48.5 Å². The highest BCUT2D eigenvalue weighted by Gasteiger charge is 2.14. The Kier molecular flexibility index (Phi) is 7.23. The van der Waals surface area contributed by atoms with Crippen molar-refractivity contribution in [2.45, 2.75) is 24.7 Å². The lowest BCUT2D eigenvalue weighted by Crippen LogP contribution is -2.29. The number of ether oxygens (including phenoxy) is 1. The summed E-state index contributed by atoms with van der Waals surface area (Å²) in [7, 11) is -2.11. The molecule has 0 bridgehead atoms. The molecule has 0 aliphatic carbocycles. The Morgan fingerprint density at radius 1 is 1.04 bits per heavy atom. The second-order valence-electron chi connectivity index (χ2n) is 5.59. The summed E-state index contributed by atoms with van der Waals surface area (Å²) in [6.45, 7) is 2.91. The predicted molar refractivity (Wildman–Crippen MR) is 109 cm³/mol. The second kappa shape index (κ2) is 9.40. The van der Waals surface area contributed by atoms with E-state index < -0.39 is 10.0 Å². The van der Waals surface area contributed by atoms with Gasteiger partial charge in [0.15, 0.2) is 5.11 Å². The molecule has 2 aromatic carbocycles. The quantitative estimate of drug-likeness (QED) is 0.470. The third-order valence-corrected chi connectivity index (χ3v) is 5.22. The van der Waals surface area contributed by atoms with Crippen molar-refractivity contribution >= 4 is 38.7 Å². The van der Waals surface area contributed by atoms with Crippen molar-refractivity contribution in [2.75, 3.05) is 23.7 Å². The van der Waals surface area contributed by atoms with Gasteiger partial charge in [0.05, 0.1) is 12.0 Å². The Hall–Kier alpha value is -2.32. The van der Waals surface area contributed by atoms with E-state index in [1.54, 1.807) is 43.5 Å². The molecular formula is C18H23N3O3S2. The number of sulfonamides is 1. The second-order valence-corrected chi connectivity index (χ2v) is 7.68. The van der Waals surface area contributed by atoms with E-state index in [2.05, 4.69) is 22.3 Å². The summed E-state index contributed by atoms with van der Waals surface area (Å²) in [6.07, 6.45) is 2.12. The fourth-order valence-electron chi connectivity index (χ4n) is 2.14. The third-order valence-electron chi connectivity index (χ3n) is 3.58. The zero-order chi connectivity index (χ0) is 19.0. The minimum atomic E-state index is -3.66. The molecule has 0 fully saturated rings. The summed E-state index contributed by atoms with van der Waals surface area (Å²) in [5.74, 6) is 0.659. The van der Waals surface area contributed by atoms with Crippen LogP contribution < -0.4 is 20.1 Å². The van der Waals surface area contributed by atoms with Crippen LogP contribution in [-0.4, -0.2) is 27.2 Å². The number of unbranched alkanes of at least 4 members (excludes halogenated alkanes) is 1. The molecule has 0 aliphatic rings.